The third kappa shape index (κ3) is 4.14. The van der Waals surface area contributed by atoms with Crippen molar-refractivity contribution in [2.75, 3.05) is 13.2 Å². The normalized spacial score (nSPS) is 14.9. The molecular weight excluding hydrogens is 350 g/mol. The number of nitro benzene ring substituents is 1. The molecule has 1 fully saturated rings. The van der Waals surface area contributed by atoms with E-state index in [-0.39, 0.29) is 17.0 Å². The van der Waals surface area contributed by atoms with E-state index in [9.17, 15) is 14.9 Å². The minimum Gasteiger partial charge on any atom is -0.416 e. The van der Waals surface area contributed by atoms with E-state index in [0.29, 0.717) is 23.8 Å². The van der Waals surface area contributed by atoms with Gasteiger partial charge in [-0.3, -0.25) is 10.1 Å². The van der Waals surface area contributed by atoms with Crippen molar-refractivity contribution in [3.63, 3.8) is 0 Å². The minimum atomic E-state index is -0.710. The van der Waals surface area contributed by atoms with Crippen LogP contribution in [0, 0.1) is 10.1 Å². The molecule has 0 spiro atoms. The van der Waals surface area contributed by atoms with Crippen molar-refractivity contribution in [2.24, 2.45) is 0 Å². The third-order valence-electron chi connectivity index (χ3n) is 3.56. The molecule has 1 heterocycles. The summed E-state index contributed by atoms with van der Waals surface area (Å²) in [6, 6.07) is 10.3. The van der Waals surface area contributed by atoms with Gasteiger partial charge < -0.3 is 14.2 Å². The van der Waals surface area contributed by atoms with Crippen molar-refractivity contribution < 1.29 is 23.9 Å². The van der Waals surface area contributed by atoms with Crippen LogP contribution in [0.15, 0.2) is 42.5 Å². The van der Waals surface area contributed by atoms with Crippen molar-refractivity contribution in [3.05, 3.63) is 68.7 Å². The summed E-state index contributed by atoms with van der Waals surface area (Å²) < 4.78 is 16.0. The van der Waals surface area contributed by atoms with Crippen LogP contribution in [0.4, 0.5) is 5.69 Å². The second-order valence-electron chi connectivity index (χ2n) is 5.31. The number of nitrogens with zero attached hydrogens (tertiary/aromatic N) is 1. The van der Waals surface area contributed by atoms with E-state index in [1.807, 2.05) is 0 Å². The van der Waals surface area contributed by atoms with Gasteiger partial charge in [0.2, 0.25) is 5.75 Å². The summed E-state index contributed by atoms with van der Waals surface area (Å²) in [4.78, 5) is 22.9. The number of nitro groups is 1. The summed E-state index contributed by atoms with van der Waals surface area (Å²) >= 11 is 5.77. The Morgan fingerprint density at radius 2 is 1.84 bits per heavy atom. The van der Waals surface area contributed by atoms with Crippen LogP contribution >= 0.6 is 11.6 Å². The Morgan fingerprint density at radius 3 is 2.48 bits per heavy atom. The molecule has 0 radical (unpaired) electrons. The van der Waals surface area contributed by atoms with E-state index in [1.54, 1.807) is 6.07 Å². The van der Waals surface area contributed by atoms with E-state index in [0.717, 1.165) is 6.42 Å². The molecule has 1 aliphatic rings. The average Bonchev–Trinajstić information content (AvgIpc) is 2.63. The first-order valence-electron chi connectivity index (χ1n) is 7.54. The Bertz CT molecular complexity index is 786. The van der Waals surface area contributed by atoms with Crippen LogP contribution in [0.2, 0.25) is 5.02 Å². The SMILES string of the molecule is O=C(Oc1ccc(C2OCCCO2)cc1[N+](=O)[O-])c1ccc(Cl)cc1. The van der Waals surface area contributed by atoms with Crippen LogP contribution < -0.4 is 4.74 Å². The highest BCUT2D eigenvalue weighted by atomic mass is 35.5. The van der Waals surface area contributed by atoms with Crippen LogP contribution in [0.5, 0.6) is 5.75 Å². The second-order valence-corrected chi connectivity index (χ2v) is 5.74. The Labute approximate surface area is 148 Å². The fourth-order valence-corrected chi connectivity index (χ4v) is 2.46. The van der Waals surface area contributed by atoms with E-state index in [2.05, 4.69) is 0 Å². The maximum atomic E-state index is 12.1. The van der Waals surface area contributed by atoms with Gasteiger partial charge in [-0.1, -0.05) is 11.6 Å². The van der Waals surface area contributed by atoms with Gasteiger partial charge in [0, 0.05) is 16.7 Å². The van der Waals surface area contributed by atoms with Crippen molar-refractivity contribution in [2.45, 2.75) is 12.7 Å². The maximum absolute atomic E-state index is 12.1. The molecule has 0 atom stereocenters. The monoisotopic (exact) mass is 363 g/mol. The Balaban J connectivity index is 1.83. The first-order valence-corrected chi connectivity index (χ1v) is 7.91. The van der Waals surface area contributed by atoms with Crippen LogP contribution in [0.1, 0.15) is 28.6 Å². The second kappa shape index (κ2) is 7.60. The van der Waals surface area contributed by atoms with Crippen LogP contribution in [-0.4, -0.2) is 24.1 Å². The van der Waals surface area contributed by atoms with Gasteiger partial charge in [-0.15, -0.1) is 0 Å². The maximum Gasteiger partial charge on any atom is 0.343 e. The summed E-state index contributed by atoms with van der Waals surface area (Å²) in [7, 11) is 0. The minimum absolute atomic E-state index is 0.149. The van der Waals surface area contributed by atoms with Crippen LogP contribution in [0.25, 0.3) is 0 Å². The van der Waals surface area contributed by atoms with Gasteiger partial charge in [-0.2, -0.15) is 0 Å². The Kier molecular flexibility index (Phi) is 5.28. The number of esters is 1. The molecule has 1 saturated heterocycles. The topological polar surface area (TPSA) is 87.9 Å². The highest BCUT2D eigenvalue weighted by molar-refractivity contribution is 6.30. The van der Waals surface area contributed by atoms with Gasteiger partial charge in [0.25, 0.3) is 0 Å². The zero-order chi connectivity index (χ0) is 17.8. The van der Waals surface area contributed by atoms with E-state index in [1.165, 1.54) is 36.4 Å². The highest BCUT2D eigenvalue weighted by Crippen LogP contribution is 2.33. The Morgan fingerprint density at radius 1 is 1.16 bits per heavy atom. The van der Waals surface area contributed by atoms with E-state index < -0.39 is 17.2 Å². The molecular formula is C17H14ClNO6. The lowest BCUT2D eigenvalue weighted by atomic mass is 10.1. The summed E-state index contributed by atoms with van der Waals surface area (Å²) in [6.07, 6.45) is 0.114. The molecule has 2 aromatic rings. The van der Waals surface area contributed by atoms with Gasteiger partial charge >= 0.3 is 11.7 Å². The summed E-state index contributed by atoms with van der Waals surface area (Å²) in [5.41, 5.74) is 0.400. The number of rotatable bonds is 4. The van der Waals surface area contributed by atoms with Crippen LogP contribution in [0.3, 0.4) is 0 Å². The smallest absolute Gasteiger partial charge is 0.343 e. The molecule has 0 N–H and O–H groups in total. The number of halogens is 1. The van der Waals surface area contributed by atoms with Gasteiger partial charge in [0.1, 0.15) is 0 Å². The fraction of sp³-hybridized carbons (Fsp3) is 0.235. The number of ether oxygens (including phenoxy) is 3. The lowest BCUT2D eigenvalue weighted by Crippen LogP contribution is -2.18. The predicted octanol–water partition coefficient (Wildman–Crippen LogP) is 3.90. The van der Waals surface area contributed by atoms with E-state index in [4.69, 9.17) is 25.8 Å². The molecule has 0 bridgehead atoms. The summed E-state index contributed by atoms with van der Waals surface area (Å²) in [5, 5.41) is 11.8. The first-order chi connectivity index (χ1) is 12.0. The van der Waals surface area contributed by atoms with Gasteiger partial charge in [0.15, 0.2) is 6.29 Å². The Hall–Kier alpha value is -2.48. The highest BCUT2D eigenvalue weighted by Gasteiger charge is 2.24. The summed E-state index contributed by atoms with van der Waals surface area (Å²) in [5.74, 6) is -0.859. The fourth-order valence-electron chi connectivity index (χ4n) is 2.33. The molecule has 25 heavy (non-hydrogen) atoms. The van der Waals surface area contributed by atoms with Crippen molar-refractivity contribution in [1.82, 2.24) is 0 Å². The molecule has 130 valence electrons. The molecule has 2 aromatic carbocycles. The first kappa shape index (κ1) is 17.3. The summed E-state index contributed by atoms with van der Waals surface area (Å²) in [6.45, 7) is 1.04. The molecule has 0 amide bonds. The third-order valence-corrected chi connectivity index (χ3v) is 3.81. The van der Waals surface area contributed by atoms with Gasteiger partial charge in [-0.25, -0.2) is 4.79 Å². The molecule has 0 saturated carbocycles. The largest absolute Gasteiger partial charge is 0.416 e. The van der Waals surface area contributed by atoms with Crippen molar-refractivity contribution >= 4 is 23.3 Å². The van der Waals surface area contributed by atoms with Gasteiger partial charge in [0.05, 0.1) is 23.7 Å². The molecule has 1 aliphatic heterocycles. The van der Waals surface area contributed by atoms with Crippen molar-refractivity contribution in [1.29, 1.82) is 0 Å². The molecule has 7 nitrogen and oxygen atoms in total. The number of carbonyl (C=O) groups is 1. The molecule has 8 heteroatoms. The lowest BCUT2D eigenvalue weighted by molar-refractivity contribution is -0.385. The quantitative estimate of drug-likeness (QED) is 0.354. The number of benzene rings is 2. The van der Waals surface area contributed by atoms with Crippen molar-refractivity contribution in [3.8, 4) is 5.75 Å². The number of hydrogen-bond acceptors (Lipinski definition) is 6. The standard InChI is InChI=1S/C17H14ClNO6/c18-13-5-2-11(3-6-13)16(20)25-15-7-4-12(10-14(15)19(21)22)17-23-8-1-9-24-17/h2-7,10,17H,1,8-9H2. The molecule has 0 unspecified atom stereocenters. The predicted molar refractivity (Wildman–Crippen MR) is 88.8 cm³/mol. The molecule has 0 aromatic heterocycles. The van der Waals surface area contributed by atoms with Gasteiger partial charge in [-0.05, 0) is 42.8 Å². The number of hydrogen-bond donors (Lipinski definition) is 0. The average molecular weight is 364 g/mol. The number of carbonyl (C=O) groups excluding carboxylic acids is 1. The molecule has 0 aliphatic carbocycles. The molecule has 3 rings (SSSR count). The van der Waals surface area contributed by atoms with Crippen LogP contribution in [-0.2, 0) is 9.47 Å². The zero-order valence-corrected chi connectivity index (χ0v) is 13.8. The van der Waals surface area contributed by atoms with E-state index >= 15 is 0 Å². The zero-order valence-electron chi connectivity index (χ0n) is 13.0. The lowest BCUT2D eigenvalue weighted by Gasteiger charge is -2.23.